The number of carbonyl (C=O) groups is 1. The Kier molecular flexibility index (Phi) is 6.24. The van der Waals surface area contributed by atoms with Gasteiger partial charge in [-0.05, 0) is 74.1 Å². The quantitative estimate of drug-likeness (QED) is 0.370. The molecule has 0 aromatic carbocycles. The maximum absolute atomic E-state index is 14.3. The highest BCUT2D eigenvalue weighted by Crippen LogP contribution is 2.46. The number of allylic oxidation sites excluding steroid dienone is 12. The van der Waals surface area contributed by atoms with E-state index >= 15 is 0 Å². The first-order valence-corrected chi connectivity index (χ1v) is 13.9. The monoisotopic (exact) mass is 540 g/mol. The number of carboxylic acid groups (broad SMARTS) is 1. The van der Waals surface area contributed by atoms with Crippen molar-refractivity contribution in [2.75, 3.05) is 6.67 Å². The Morgan fingerprint density at radius 2 is 1.70 bits per heavy atom. The summed E-state index contributed by atoms with van der Waals surface area (Å²) in [7, 11) is 0. The molecule has 0 aromatic heterocycles. The lowest BCUT2D eigenvalue weighted by molar-refractivity contribution is -0.137. The molecule has 1 saturated heterocycles. The van der Waals surface area contributed by atoms with Crippen molar-refractivity contribution in [3.05, 3.63) is 91.5 Å². The van der Waals surface area contributed by atoms with E-state index in [-0.39, 0.29) is 24.0 Å². The molecule has 1 fully saturated rings. The van der Waals surface area contributed by atoms with Crippen LogP contribution in [0.3, 0.4) is 0 Å². The van der Waals surface area contributed by atoms with E-state index in [1.54, 1.807) is 0 Å². The van der Waals surface area contributed by atoms with E-state index in [2.05, 4.69) is 19.2 Å². The van der Waals surface area contributed by atoms with E-state index in [0.29, 0.717) is 29.8 Å². The Morgan fingerprint density at radius 1 is 1.02 bits per heavy atom. The van der Waals surface area contributed by atoms with Crippen molar-refractivity contribution < 1.29 is 19.4 Å². The minimum atomic E-state index is -0.849. The average Bonchev–Trinajstić information content (AvgIpc) is 3.65. The van der Waals surface area contributed by atoms with Crippen molar-refractivity contribution in [3.63, 3.8) is 0 Å². The van der Waals surface area contributed by atoms with Gasteiger partial charge in [-0.3, -0.25) is 4.79 Å². The van der Waals surface area contributed by atoms with E-state index in [1.807, 2.05) is 39.0 Å². The lowest BCUT2D eigenvalue weighted by atomic mass is 9.86. The summed E-state index contributed by atoms with van der Waals surface area (Å²) in [6.45, 7) is 9.41. The molecule has 206 valence electrons. The number of alkyl halides is 1. The molecule has 0 spiro atoms. The number of carboxylic acids is 1. The van der Waals surface area contributed by atoms with Gasteiger partial charge >= 0.3 is 5.97 Å². The summed E-state index contributed by atoms with van der Waals surface area (Å²) >= 11 is 0. The second kappa shape index (κ2) is 9.54. The zero-order valence-corrected chi connectivity index (χ0v) is 23.4. The van der Waals surface area contributed by atoms with Crippen LogP contribution in [0.2, 0.25) is 0 Å². The predicted octanol–water partition coefficient (Wildman–Crippen LogP) is 6.49. The van der Waals surface area contributed by atoms with Crippen LogP contribution in [0.25, 0.3) is 0 Å². The molecule has 5 heterocycles. The molecule has 40 heavy (non-hydrogen) atoms. The van der Waals surface area contributed by atoms with Gasteiger partial charge in [-0.2, -0.15) is 0 Å². The number of aliphatic carboxylic acids is 1. The van der Waals surface area contributed by atoms with Crippen LogP contribution in [-0.4, -0.2) is 40.0 Å². The minimum absolute atomic E-state index is 0.0263. The smallest absolute Gasteiger partial charge is 0.303 e. The van der Waals surface area contributed by atoms with Gasteiger partial charge in [0.05, 0.1) is 34.2 Å². The summed E-state index contributed by atoms with van der Waals surface area (Å²) in [6.07, 6.45) is 7.38. The molecule has 6 rings (SSSR count). The Balaban J connectivity index is 1.61. The van der Waals surface area contributed by atoms with E-state index in [1.165, 1.54) is 0 Å². The third-order valence-corrected chi connectivity index (χ3v) is 8.99. The molecule has 0 radical (unpaired) electrons. The number of halogens is 1. The summed E-state index contributed by atoms with van der Waals surface area (Å²) in [6, 6.07) is 0. The van der Waals surface area contributed by atoms with E-state index in [4.69, 9.17) is 15.0 Å². The van der Waals surface area contributed by atoms with Gasteiger partial charge < -0.3 is 15.5 Å². The third kappa shape index (κ3) is 3.92. The van der Waals surface area contributed by atoms with Crippen molar-refractivity contribution >= 4 is 23.1 Å². The van der Waals surface area contributed by atoms with Gasteiger partial charge in [0.25, 0.3) is 0 Å². The number of hydrogen-bond acceptors (Lipinski definition) is 6. The summed E-state index contributed by atoms with van der Waals surface area (Å²) in [5, 5.41) is 24.1. The van der Waals surface area contributed by atoms with E-state index < -0.39 is 12.6 Å². The van der Waals surface area contributed by atoms with Gasteiger partial charge in [-0.25, -0.2) is 19.4 Å². The first-order chi connectivity index (χ1) is 19.1. The summed E-state index contributed by atoms with van der Waals surface area (Å²) in [4.78, 5) is 26.4. The van der Waals surface area contributed by atoms with Crippen molar-refractivity contribution in [1.29, 1.82) is 0 Å². The van der Waals surface area contributed by atoms with Gasteiger partial charge in [0, 0.05) is 52.8 Å². The molecule has 2 atom stereocenters. The topological polar surface area (TPSA) is 107 Å². The molecule has 0 aromatic rings. The SMILES string of the molecule is CCC1=C(C)C2=NC1=CC1=C(C)C3=C(O)CC(=C4NC(=CC5=NC(=C2)C(CF)=C5C)[C@@H](C)[C@@H]4CCC(=O)O)C3=N1. The Morgan fingerprint density at radius 3 is 2.38 bits per heavy atom. The highest BCUT2D eigenvalue weighted by Gasteiger charge is 2.41. The molecule has 8 heteroatoms. The largest absolute Gasteiger partial charge is 0.511 e. The second-order valence-electron chi connectivity index (χ2n) is 11.2. The standard InChI is InChI=1S/C32H33FN4O3/c1-6-18-14(2)23-11-27-21(13-33)16(4)22(35-27)10-24-15(3)19(7-8-29(39)40)31(36-24)20-9-28(38)30-17(5)25(37-32(20)30)12-26(18)34-23/h10-12,15,19,36,38H,6-9,13H2,1-5H3,(H,39,40)/t15-,19-/m0/s1. The summed E-state index contributed by atoms with van der Waals surface area (Å²) < 4.78 is 14.3. The number of rotatable bonds is 5. The zero-order chi connectivity index (χ0) is 28.5. The van der Waals surface area contributed by atoms with Crippen LogP contribution < -0.4 is 5.32 Å². The molecule has 1 aliphatic carbocycles. The van der Waals surface area contributed by atoms with Gasteiger partial charge in [0.2, 0.25) is 0 Å². The van der Waals surface area contributed by atoms with Crippen LogP contribution >= 0.6 is 0 Å². The number of nitrogens with one attached hydrogen (secondary N) is 1. The van der Waals surface area contributed by atoms with Crippen molar-refractivity contribution in [2.45, 2.75) is 60.3 Å². The fourth-order valence-corrected chi connectivity index (χ4v) is 6.61. The van der Waals surface area contributed by atoms with Crippen LogP contribution in [-0.2, 0) is 4.79 Å². The maximum atomic E-state index is 14.3. The van der Waals surface area contributed by atoms with Crippen molar-refractivity contribution in [2.24, 2.45) is 26.8 Å². The van der Waals surface area contributed by atoms with Crippen LogP contribution in [0.4, 0.5) is 4.39 Å². The first-order valence-electron chi connectivity index (χ1n) is 13.9. The van der Waals surface area contributed by atoms with E-state index in [9.17, 15) is 19.4 Å². The normalized spacial score (nSPS) is 25.4. The lowest BCUT2D eigenvalue weighted by Crippen LogP contribution is -2.15. The van der Waals surface area contributed by atoms with Crippen LogP contribution in [0.15, 0.2) is 106 Å². The molecular weight excluding hydrogens is 507 g/mol. The summed E-state index contributed by atoms with van der Waals surface area (Å²) in [5.41, 5.74) is 12.1. The maximum Gasteiger partial charge on any atom is 0.303 e. The number of aliphatic imine (C=N–C) groups is 3. The number of hydrogen-bond donors (Lipinski definition) is 3. The first kappa shape index (κ1) is 26.2. The Labute approximate surface area is 233 Å². The molecule has 6 aliphatic rings. The fourth-order valence-electron chi connectivity index (χ4n) is 6.61. The number of fused-ring (bicyclic) bond motifs is 5. The zero-order valence-electron chi connectivity index (χ0n) is 23.4. The van der Waals surface area contributed by atoms with Gasteiger partial charge in [-0.1, -0.05) is 13.8 Å². The second-order valence-corrected chi connectivity index (χ2v) is 11.2. The molecule has 8 bridgehead atoms. The predicted molar refractivity (Wildman–Crippen MR) is 155 cm³/mol. The van der Waals surface area contributed by atoms with Crippen LogP contribution in [0.5, 0.6) is 0 Å². The highest BCUT2D eigenvalue weighted by molar-refractivity contribution is 6.21. The summed E-state index contributed by atoms with van der Waals surface area (Å²) in [5.74, 6) is -0.713. The molecule has 0 unspecified atom stereocenters. The lowest BCUT2D eigenvalue weighted by Gasteiger charge is -2.17. The van der Waals surface area contributed by atoms with Crippen LogP contribution in [0, 0.1) is 11.8 Å². The number of nitrogens with zero attached hydrogens (tertiary/aromatic N) is 3. The minimum Gasteiger partial charge on any atom is -0.511 e. The fraction of sp³-hybridized carbons (Fsp3) is 0.375. The molecule has 0 saturated carbocycles. The molecule has 7 nitrogen and oxygen atoms in total. The Bertz CT molecular complexity index is 1630. The highest BCUT2D eigenvalue weighted by atomic mass is 19.1. The van der Waals surface area contributed by atoms with Crippen molar-refractivity contribution in [3.8, 4) is 0 Å². The third-order valence-electron chi connectivity index (χ3n) is 8.99. The van der Waals surface area contributed by atoms with Crippen molar-refractivity contribution in [1.82, 2.24) is 5.32 Å². The average molecular weight is 541 g/mol. The molecule has 0 amide bonds. The van der Waals surface area contributed by atoms with Gasteiger partial charge in [0.1, 0.15) is 12.4 Å². The molecule has 3 N–H and O–H groups in total. The van der Waals surface area contributed by atoms with Crippen LogP contribution in [0.1, 0.15) is 60.3 Å². The van der Waals surface area contributed by atoms with E-state index in [0.717, 1.165) is 74.1 Å². The number of aliphatic hydroxyl groups is 1. The molecular formula is C32H33FN4O3. The molecule has 5 aliphatic heterocycles. The van der Waals surface area contributed by atoms with Gasteiger partial charge in [0.15, 0.2) is 0 Å². The Hall–Kier alpha value is -4.07. The van der Waals surface area contributed by atoms with Gasteiger partial charge in [-0.15, -0.1) is 0 Å². The number of aliphatic hydroxyl groups excluding tert-OH is 1.